The van der Waals surface area contributed by atoms with E-state index in [1.54, 1.807) is 30.3 Å². The van der Waals surface area contributed by atoms with Crippen molar-refractivity contribution in [2.45, 2.75) is 13.0 Å². The van der Waals surface area contributed by atoms with Crippen LogP contribution in [0.2, 0.25) is 0 Å². The van der Waals surface area contributed by atoms with Crippen molar-refractivity contribution in [1.29, 1.82) is 0 Å². The molecule has 4 nitrogen and oxygen atoms in total. The monoisotopic (exact) mass is 477 g/mol. The first-order valence-corrected chi connectivity index (χ1v) is 12.1. The van der Waals surface area contributed by atoms with Crippen molar-refractivity contribution in [2.24, 2.45) is 0 Å². The molecule has 5 heteroatoms. The van der Waals surface area contributed by atoms with Gasteiger partial charge in [0.1, 0.15) is 12.4 Å². The predicted molar refractivity (Wildman–Crippen MR) is 144 cm³/mol. The lowest BCUT2D eigenvalue weighted by molar-refractivity contribution is -0.113. The van der Waals surface area contributed by atoms with E-state index in [0.29, 0.717) is 23.6 Å². The van der Waals surface area contributed by atoms with Gasteiger partial charge in [-0.2, -0.15) is 0 Å². The lowest BCUT2D eigenvalue weighted by atomic mass is 10.1. The Balaban J connectivity index is 1.36. The Morgan fingerprint density at radius 1 is 0.857 bits per heavy atom. The number of fused-ring (bicyclic) bond motifs is 1. The van der Waals surface area contributed by atoms with E-state index in [1.165, 1.54) is 15.7 Å². The summed E-state index contributed by atoms with van der Waals surface area (Å²) in [4.78, 5) is 27.0. The summed E-state index contributed by atoms with van der Waals surface area (Å²) in [5.41, 5.74) is 3.46. The Kier molecular flexibility index (Phi) is 6.51. The van der Waals surface area contributed by atoms with Crippen LogP contribution in [0.4, 0.5) is 10.5 Å². The number of imide groups is 1. The molecule has 4 aromatic carbocycles. The molecule has 0 saturated carbocycles. The number of anilines is 1. The van der Waals surface area contributed by atoms with Crippen molar-refractivity contribution >= 4 is 45.4 Å². The summed E-state index contributed by atoms with van der Waals surface area (Å²) in [6.45, 7) is 4.32. The van der Waals surface area contributed by atoms with Gasteiger partial charge in [0.05, 0.1) is 10.6 Å². The number of benzene rings is 4. The number of rotatable bonds is 7. The number of nitrogens with zero attached hydrogens (tertiary/aromatic N) is 1. The molecular formula is C30H23NO3S. The topological polar surface area (TPSA) is 46.6 Å². The third-order valence-electron chi connectivity index (χ3n) is 5.76. The van der Waals surface area contributed by atoms with Gasteiger partial charge < -0.3 is 4.74 Å². The first-order valence-electron chi connectivity index (χ1n) is 11.3. The van der Waals surface area contributed by atoms with E-state index < -0.39 is 0 Å². The molecule has 0 aliphatic carbocycles. The highest BCUT2D eigenvalue weighted by Crippen LogP contribution is 2.36. The van der Waals surface area contributed by atoms with Crippen LogP contribution in [-0.4, -0.2) is 11.1 Å². The summed E-state index contributed by atoms with van der Waals surface area (Å²) in [5.74, 6) is 0.459. The van der Waals surface area contributed by atoms with Crippen molar-refractivity contribution in [2.75, 3.05) is 4.90 Å². The lowest BCUT2D eigenvalue weighted by Gasteiger charge is -2.13. The van der Waals surface area contributed by atoms with E-state index in [9.17, 15) is 9.59 Å². The molecule has 2 amide bonds. The van der Waals surface area contributed by atoms with Gasteiger partial charge in [0.15, 0.2) is 0 Å². The first kappa shape index (κ1) is 22.7. The number of ether oxygens (including phenoxy) is 1. The van der Waals surface area contributed by atoms with Crippen LogP contribution < -0.4 is 9.64 Å². The van der Waals surface area contributed by atoms with Crippen molar-refractivity contribution in [3.8, 4) is 5.75 Å². The number of amides is 2. The van der Waals surface area contributed by atoms with Crippen LogP contribution in [0, 0.1) is 0 Å². The van der Waals surface area contributed by atoms with Crippen LogP contribution in [-0.2, 0) is 17.8 Å². The number of allylic oxidation sites excluding steroid dienone is 1. The van der Waals surface area contributed by atoms with E-state index in [4.69, 9.17) is 4.74 Å². The van der Waals surface area contributed by atoms with Gasteiger partial charge in [-0.1, -0.05) is 66.7 Å². The molecule has 0 radical (unpaired) electrons. The molecule has 172 valence electrons. The highest BCUT2D eigenvalue weighted by atomic mass is 32.2. The Hall–Kier alpha value is -4.09. The van der Waals surface area contributed by atoms with Crippen molar-refractivity contribution < 1.29 is 14.3 Å². The highest BCUT2D eigenvalue weighted by Gasteiger charge is 2.36. The molecule has 4 aromatic rings. The molecule has 1 aliphatic heterocycles. The van der Waals surface area contributed by atoms with Crippen LogP contribution in [0.3, 0.4) is 0 Å². The SMILES string of the molecule is C=CCc1cc(/C=C2\SC(=O)N(c3ccccc3)C2=O)ccc1OCc1ccc2ccccc2c1. The molecule has 0 N–H and O–H groups in total. The lowest BCUT2D eigenvalue weighted by Crippen LogP contribution is -2.27. The van der Waals surface area contributed by atoms with Gasteiger partial charge in [-0.3, -0.25) is 9.59 Å². The van der Waals surface area contributed by atoms with Crippen LogP contribution in [0.25, 0.3) is 16.8 Å². The van der Waals surface area contributed by atoms with E-state index in [1.807, 2.05) is 42.5 Å². The molecule has 1 saturated heterocycles. The molecule has 1 heterocycles. The largest absolute Gasteiger partial charge is 0.489 e. The van der Waals surface area contributed by atoms with E-state index in [0.717, 1.165) is 34.2 Å². The van der Waals surface area contributed by atoms with Crippen LogP contribution in [0.5, 0.6) is 5.75 Å². The summed E-state index contributed by atoms with van der Waals surface area (Å²) < 4.78 is 6.16. The van der Waals surface area contributed by atoms with Gasteiger partial charge in [0, 0.05) is 0 Å². The first-order chi connectivity index (χ1) is 17.1. The zero-order valence-corrected chi connectivity index (χ0v) is 19.8. The van der Waals surface area contributed by atoms with Crippen molar-refractivity contribution in [3.63, 3.8) is 0 Å². The maximum absolute atomic E-state index is 12.9. The molecule has 5 rings (SSSR count). The number of carbonyl (C=O) groups excluding carboxylic acids is 2. The summed E-state index contributed by atoms with van der Waals surface area (Å²) >= 11 is 0.950. The zero-order chi connectivity index (χ0) is 24.2. The van der Waals surface area contributed by atoms with Gasteiger partial charge in [0.2, 0.25) is 0 Å². The van der Waals surface area contributed by atoms with E-state index >= 15 is 0 Å². The molecule has 1 fully saturated rings. The van der Waals surface area contributed by atoms with Gasteiger partial charge in [-0.05, 0) is 82.1 Å². The number of para-hydroxylation sites is 1. The van der Waals surface area contributed by atoms with Crippen LogP contribution >= 0.6 is 11.8 Å². The third-order valence-corrected chi connectivity index (χ3v) is 6.63. The molecule has 0 bridgehead atoms. The minimum atomic E-state index is -0.312. The average Bonchev–Trinajstić information content (AvgIpc) is 3.16. The Morgan fingerprint density at radius 2 is 1.63 bits per heavy atom. The van der Waals surface area contributed by atoms with Gasteiger partial charge in [-0.25, -0.2) is 4.90 Å². The second-order valence-corrected chi connectivity index (χ2v) is 9.18. The molecule has 0 spiro atoms. The average molecular weight is 478 g/mol. The van der Waals surface area contributed by atoms with Gasteiger partial charge >= 0.3 is 0 Å². The molecule has 35 heavy (non-hydrogen) atoms. The summed E-state index contributed by atoms with van der Waals surface area (Å²) in [6, 6.07) is 29.3. The van der Waals surface area contributed by atoms with Crippen LogP contribution in [0.15, 0.2) is 109 Å². The maximum Gasteiger partial charge on any atom is 0.298 e. The quantitative estimate of drug-likeness (QED) is 0.206. The van der Waals surface area contributed by atoms with Crippen molar-refractivity contribution in [1.82, 2.24) is 0 Å². The third kappa shape index (κ3) is 4.91. The number of thioether (sulfide) groups is 1. The maximum atomic E-state index is 12.9. The molecule has 0 aromatic heterocycles. The molecule has 1 aliphatic rings. The Labute approximate surface area is 208 Å². The fourth-order valence-corrected chi connectivity index (χ4v) is 4.89. The number of hydrogen-bond donors (Lipinski definition) is 0. The second-order valence-electron chi connectivity index (χ2n) is 8.18. The fourth-order valence-electron chi connectivity index (χ4n) is 4.05. The minimum absolute atomic E-state index is 0.297. The fraction of sp³-hybridized carbons (Fsp3) is 0.0667. The normalized spacial score (nSPS) is 14.6. The Morgan fingerprint density at radius 3 is 2.43 bits per heavy atom. The van der Waals surface area contributed by atoms with Gasteiger partial charge in [-0.15, -0.1) is 6.58 Å². The number of hydrogen-bond acceptors (Lipinski definition) is 4. The highest BCUT2D eigenvalue weighted by molar-refractivity contribution is 8.19. The second kappa shape index (κ2) is 10.0. The summed E-state index contributed by atoms with van der Waals surface area (Å²) in [6.07, 6.45) is 4.21. The molecule has 0 unspecified atom stereocenters. The molecular weight excluding hydrogens is 454 g/mol. The van der Waals surface area contributed by atoms with E-state index in [-0.39, 0.29) is 11.1 Å². The minimum Gasteiger partial charge on any atom is -0.489 e. The predicted octanol–water partition coefficient (Wildman–Crippen LogP) is 7.39. The van der Waals surface area contributed by atoms with Crippen LogP contribution in [0.1, 0.15) is 16.7 Å². The zero-order valence-electron chi connectivity index (χ0n) is 19.0. The Bertz CT molecular complexity index is 1460. The standard InChI is InChI=1S/C30H23NO3S/c1-2-8-25-17-21(19-28-29(32)31(30(33)35-28)26-11-4-3-5-12-26)14-16-27(25)34-20-22-13-15-23-9-6-7-10-24(23)18-22/h2-7,9-19H,1,8,20H2/b28-19-. The molecule has 0 atom stereocenters. The summed E-state index contributed by atoms with van der Waals surface area (Å²) in [7, 11) is 0. The summed E-state index contributed by atoms with van der Waals surface area (Å²) in [5, 5.41) is 2.08. The van der Waals surface area contributed by atoms with Gasteiger partial charge in [0.25, 0.3) is 11.1 Å². The smallest absolute Gasteiger partial charge is 0.298 e. The number of carbonyl (C=O) groups is 2. The van der Waals surface area contributed by atoms with Crippen molar-refractivity contribution in [3.05, 3.63) is 125 Å². The van der Waals surface area contributed by atoms with E-state index in [2.05, 4.69) is 36.9 Å².